The van der Waals surface area contributed by atoms with Crippen LogP contribution in [0.4, 0.5) is 0 Å². The second-order valence-corrected chi connectivity index (χ2v) is 4.80. The first-order chi connectivity index (χ1) is 10.2. The summed E-state index contributed by atoms with van der Waals surface area (Å²) >= 11 is 0. The lowest BCUT2D eigenvalue weighted by atomic mass is 10.1. The van der Waals surface area contributed by atoms with E-state index in [0.29, 0.717) is 19.6 Å². The molecule has 0 unspecified atom stereocenters. The average Bonchev–Trinajstić information content (AvgIpc) is 2.49. The van der Waals surface area contributed by atoms with Crippen LogP contribution in [-0.4, -0.2) is 39.2 Å². The first kappa shape index (κ1) is 15.2. The number of carbonyl (C=O) groups is 1. The van der Waals surface area contributed by atoms with Crippen molar-refractivity contribution in [3.05, 3.63) is 65.5 Å². The molecular formula is C16H18N2O3. The minimum atomic E-state index is -0.927. The van der Waals surface area contributed by atoms with Gasteiger partial charge in [-0.15, -0.1) is 0 Å². The lowest BCUT2D eigenvalue weighted by molar-refractivity contribution is 0.0697. The van der Waals surface area contributed by atoms with Crippen LogP contribution in [0.25, 0.3) is 0 Å². The Kier molecular flexibility index (Phi) is 5.43. The maximum Gasteiger partial charge on any atom is 0.335 e. The van der Waals surface area contributed by atoms with Gasteiger partial charge in [-0.1, -0.05) is 18.2 Å². The molecule has 0 bridgehead atoms. The number of benzene rings is 1. The summed E-state index contributed by atoms with van der Waals surface area (Å²) in [6, 6.07) is 10.7. The van der Waals surface area contributed by atoms with Crippen LogP contribution >= 0.6 is 0 Å². The highest BCUT2D eigenvalue weighted by Crippen LogP contribution is 2.10. The number of aromatic carboxylic acids is 1. The fourth-order valence-corrected chi connectivity index (χ4v) is 2.12. The van der Waals surface area contributed by atoms with E-state index in [2.05, 4.69) is 9.88 Å². The SMILES string of the molecule is O=C(O)c1ccc(CN(CCO)Cc2cccnc2)cc1. The van der Waals surface area contributed by atoms with Crippen molar-refractivity contribution in [3.63, 3.8) is 0 Å². The highest BCUT2D eigenvalue weighted by atomic mass is 16.4. The molecule has 0 amide bonds. The Morgan fingerprint density at radius 1 is 1.10 bits per heavy atom. The average molecular weight is 286 g/mol. The van der Waals surface area contributed by atoms with Crippen molar-refractivity contribution in [1.29, 1.82) is 0 Å². The van der Waals surface area contributed by atoms with Crippen molar-refractivity contribution in [1.82, 2.24) is 9.88 Å². The summed E-state index contributed by atoms with van der Waals surface area (Å²) in [6.07, 6.45) is 3.53. The summed E-state index contributed by atoms with van der Waals surface area (Å²) in [5.41, 5.74) is 2.37. The van der Waals surface area contributed by atoms with Crippen molar-refractivity contribution in [2.75, 3.05) is 13.2 Å². The van der Waals surface area contributed by atoms with Crippen molar-refractivity contribution in [2.45, 2.75) is 13.1 Å². The summed E-state index contributed by atoms with van der Waals surface area (Å²) in [5.74, 6) is -0.927. The number of hydrogen-bond acceptors (Lipinski definition) is 4. The Balaban J connectivity index is 2.03. The molecule has 0 aliphatic rings. The summed E-state index contributed by atoms with van der Waals surface area (Å²) in [6.45, 7) is 1.97. The van der Waals surface area contributed by atoms with E-state index >= 15 is 0 Å². The molecule has 21 heavy (non-hydrogen) atoms. The smallest absolute Gasteiger partial charge is 0.335 e. The molecular weight excluding hydrogens is 268 g/mol. The number of nitrogens with zero attached hydrogens (tertiary/aromatic N) is 2. The van der Waals surface area contributed by atoms with Gasteiger partial charge in [0, 0.05) is 32.0 Å². The monoisotopic (exact) mass is 286 g/mol. The fourth-order valence-electron chi connectivity index (χ4n) is 2.12. The highest BCUT2D eigenvalue weighted by Gasteiger charge is 2.08. The predicted molar refractivity (Wildman–Crippen MR) is 78.8 cm³/mol. The van der Waals surface area contributed by atoms with Crippen LogP contribution in [0.5, 0.6) is 0 Å². The molecule has 1 heterocycles. The number of carboxylic acid groups (broad SMARTS) is 1. The molecule has 0 aliphatic heterocycles. The van der Waals surface area contributed by atoms with Crippen LogP contribution in [0.3, 0.4) is 0 Å². The molecule has 1 aromatic carbocycles. The number of hydrogen-bond donors (Lipinski definition) is 2. The molecule has 0 saturated carbocycles. The third-order valence-electron chi connectivity index (χ3n) is 3.15. The van der Waals surface area contributed by atoms with Crippen LogP contribution < -0.4 is 0 Å². The molecule has 0 aliphatic carbocycles. The second-order valence-electron chi connectivity index (χ2n) is 4.80. The quantitative estimate of drug-likeness (QED) is 0.811. The molecule has 0 saturated heterocycles. The van der Waals surface area contributed by atoms with Crippen molar-refractivity contribution >= 4 is 5.97 Å². The van der Waals surface area contributed by atoms with E-state index in [4.69, 9.17) is 5.11 Å². The van der Waals surface area contributed by atoms with Crippen molar-refractivity contribution < 1.29 is 15.0 Å². The van der Waals surface area contributed by atoms with Crippen LogP contribution in [0.2, 0.25) is 0 Å². The van der Waals surface area contributed by atoms with Gasteiger partial charge in [0.05, 0.1) is 12.2 Å². The molecule has 110 valence electrons. The zero-order chi connectivity index (χ0) is 15.1. The summed E-state index contributed by atoms with van der Waals surface area (Å²) in [5, 5.41) is 18.1. The number of aliphatic hydroxyl groups is 1. The van der Waals surface area contributed by atoms with Gasteiger partial charge >= 0.3 is 5.97 Å². The number of rotatable bonds is 7. The lowest BCUT2D eigenvalue weighted by Gasteiger charge is -2.21. The van der Waals surface area contributed by atoms with Crippen molar-refractivity contribution in [3.8, 4) is 0 Å². The summed E-state index contributed by atoms with van der Waals surface area (Å²) in [4.78, 5) is 17.0. The van der Waals surface area contributed by atoms with Gasteiger partial charge in [0.1, 0.15) is 0 Å². The van der Waals surface area contributed by atoms with E-state index in [0.717, 1.165) is 11.1 Å². The number of aliphatic hydroxyl groups excluding tert-OH is 1. The van der Waals surface area contributed by atoms with Gasteiger partial charge in [-0.25, -0.2) is 4.79 Å². The summed E-state index contributed by atoms with van der Waals surface area (Å²) in [7, 11) is 0. The molecule has 0 spiro atoms. The standard InChI is InChI=1S/C16H18N2O3/c19-9-8-18(12-14-2-1-7-17-10-14)11-13-3-5-15(6-4-13)16(20)21/h1-7,10,19H,8-9,11-12H2,(H,20,21). The van der Waals surface area contributed by atoms with Gasteiger partial charge in [-0.2, -0.15) is 0 Å². The maximum atomic E-state index is 10.8. The molecule has 5 heteroatoms. The van der Waals surface area contributed by atoms with Crippen LogP contribution in [0, 0.1) is 0 Å². The fraction of sp³-hybridized carbons (Fsp3) is 0.250. The normalized spacial score (nSPS) is 10.8. The maximum absolute atomic E-state index is 10.8. The highest BCUT2D eigenvalue weighted by molar-refractivity contribution is 5.87. The molecule has 2 aromatic rings. The van der Waals surface area contributed by atoms with E-state index in [9.17, 15) is 9.90 Å². The van der Waals surface area contributed by atoms with Crippen LogP contribution in [0.1, 0.15) is 21.5 Å². The van der Waals surface area contributed by atoms with Crippen LogP contribution in [0.15, 0.2) is 48.8 Å². The van der Waals surface area contributed by atoms with E-state index in [1.807, 2.05) is 12.1 Å². The molecule has 0 fully saturated rings. The molecule has 2 rings (SSSR count). The Labute approximate surface area is 123 Å². The Morgan fingerprint density at radius 2 is 1.81 bits per heavy atom. The number of aromatic nitrogens is 1. The first-order valence-electron chi connectivity index (χ1n) is 6.73. The number of carboxylic acids is 1. The van der Waals surface area contributed by atoms with Gasteiger partial charge in [0.15, 0.2) is 0 Å². The minimum absolute atomic E-state index is 0.0769. The van der Waals surface area contributed by atoms with E-state index in [1.54, 1.807) is 36.7 Å². The van der Waals surface area contributed by atoms with Gasteiger partial charge in [0.25, 0.3) is 0 Å². The van der Waals surface area contributed by atoms with Gasteiger partial charge < -0.3 is 10.2 Å². The van der Waals surface area contributed by atoms with E-state index in [-0.39, 0.29) is 12.2 Å². The van der Waals surface area contributed by atoms with Crippen LogP contribution in [-0.2, 0) is 13.1 Å². The van der Waals surface area contributed by atoms with E-state index < -0.39 is 5.97 Å². The zero-order valence-electron chi connectivity index (χ0n) is 11.6. The largest absolute Gasteiger partial charge is 0.478 e. The number of pyridine rings is 1. The predicted octanol–water partition coefficient (Wildman–Crippen LogP) is 1.77. The lowest BCUT2D eigenvalue weighted by Crippen LogP contribution is -2.26. The third kappa shape index (κ3) is 4.66. The third-order valence-corrected chi connectivity index (χ3v) is 3.15. The Morgan fingerprint density at radius 3 is 2.38 bits per heavy atom. The molecule has 5 nitrogen and oxygen atoms in total. The Hall–Kier alpha value is -2.24. The van der Waals surface area contributed by atoms with Gasteiger partial charge in [-0.3, -0.25) is 9.88 Å². The van der Waals surface area contributed by atoms with Crippen molar-refractivity contribution in [2.24, 2.45) is 0 Å². The van der Waals surface area contributed by atoms with E-state index in [1.165, 1.54) is 0 Å². The van der Waals surface area contributed by atoms with Gasteiger partial charge in [-0.05, 0) is 29.3 Å². The second kappa shape index (κ2) is 7.52. The summed E-state index contributed by atoms with van der Waals surface area (Å²) < 4.78 is 0. The molecule has 0 radical (unpaired) electrons. The molecule has 0 atom stereocenters. The Bertz CT molecular complexity index is 570. The minimum Gasteiger partial charge on any atom is -0.478 e. The topological polar surface area (TPSA) is 73.7 Å². The first-order valence-corrected chi connectivity index (χ1v) is 6.73. The molecule has 1 aromatic heterocycles. The zero-order valence-corrected chi connectivity index (χ0v) is 11.6. The van der Waals surface area contributed by atoms with Gasteiger partial charge in [0.2, 0.25) is 0 Å². The molecule has 2 N–H and O–H groups in total.